The van der Waals surface area contributed by atoms with Gasteiger partial charge in [0.25, 0.3) is 0 Å². The second-order valence-corrected chi connectivity index (χ2v) is 6.59. The molecule has 0 aliphatic carbocycles. The van der Waals surface area contributed by atoms with Crippen LogP contribution in [0.15, 0.2) is 36.4 Å². The molecule has 3 heteroatoms. The Balaban J connectivity index is 1.86. The van der Waals surface area contributed by atoms with E-state index in [1.807, 2.05) is 12.1 Å². The normalized spacial score (nSPS) is 17.4. The molecule has 2 aromatic rings. The monoisotopic (exact) mass is 312 g/mol. The molecule has 0 radical (unpaired) electrons. The summed E-state index contributed by atoms with van der Waals surface area (Å²) in [6.45, 7) is 6.70. The van der Waals surface area contributed by atoms with Crippen LogP contribution in [0.5, 0.6) is 5.75 Å². The Hall–Kier alpha value is -1.58. The minimum absolute atomic E-state index is 0.340. The van der Waals surface area contributed by atoms with Crippen LogP contribution in [0.3, 0.4) is 0 Å². The predicted octanol–water partition coefficient (Wildman–Crippen LogP) is 4.07. The van der Waals surface area contributed by atoms with Gasteiger partial charge in [-0.05, 0) is 41.0 Å². The molecule has 0 aromatic heterocycles. The number of nitrogens with one attached hydrogen (secondary N) is 1. The first kappa shape index (κ1) is 16.3. The molecule has 3 nitrogen and oxygen atoms in total. The Labute approximate surface area is 139 Å². The summed E-state index contributed by atoms with van der Waals surface area (Å²) in [4.78, 5) is 2.63. The third-order valence-corrected chi connectivity index (χ3v) is 4.91. The maximum Gasteiger partial charge on any atom is 0.116 e. The van der Waals surface area contributed by atoms with E-state index in [4.69, 9.17) is 0 Å². The number of unbranched alkanes of at least 4 members (excludes halogenated alkanes) is 2. The Morgan fingerprint density at radius 2 is 1.78 bits per heavy atom. The van der Waals surface area contributed by atoms with Crippen molar-refractivity contribution in [2.75, 3.05) is 26.2 Å². The summed E-state index contributed by atoms with van der Waals surface area (Å²) >= 11 is 0. The molecule has 1 atom stereocenters. The second-order valence-electron chi connectivity index (χ2n) is 6.59. The molecule has 3 rings (SSSR count). The van der Waals surface area contributed by atoms with Crippen molar-refractivity contribution in [1.29, 1.82) is 0 Å². The number of hydrogen-bond donors (Lipinski definition) is 2. The first-order valence-corrected chi connectivity index (χ1v) is 8.95. The summed E-state index contributed by atoms with van der Waals surface area (Å²) in [5.41, 5.74) is 1.42. The van der Waals surface area contributed by atoms with Crippen molar-refractivity contribution in [1.82, 2.24) is 10.2 Å². The molecule has 1 aliphatic rings. The number of rotatable bonds is 6. The molecule has 2 N–H and O–H groups in total. The molecule has 124 valence electrons. The van der Waals surface area contributed by atoms with Gasteiger partial charge in [-0.2, -0.15) is 0 Å². The number of hydrogen-bond acceptors (Lipinski definition) is 3. The van der Waals surface area contributed by atoms with Gasteiger partial charge in [0.15, 0.2) is 0 Å². The third-order valence-electron chi connectivity index (χ3n) is 4.91. The van der Waals surface area contributed by atoms with Crippen LogP contribution in [0.2, 0.25) is 0 Å². The van der Waals surface area contributed by atoms with Crippen molar-refractivity contribution >= 4 is 10.8 Å². The van der Waals surface area contributed by atoms with Gasteiger partial charge in [-0.1, -0.05) is 44.4 Å². The second kappa shape index (κ2) is 7.80. The first-order chi connectivity index (χ1) is 11.3. The minimum Gasteiger partial charge on any atom is -0.508 e. The molecule has 1 aliphatic heterocycles. The highest BCUT2D eigenvalue weighted by Gasteiger charge is 2.21. The van der Waals surface area contributed by atoms with Crippen LogP contribution in [-0.2, 0) is 0 Å². The highest BCUT2D eigenvalue weighted by atomic mass is 16.3. The lowest BCUT2D eigenvalue weighted by molar-refractivity contribution is 0.163. The number of benzene rings is 2. The fraction of sp³-hybridized carbons (Fsp3) is 0.500. The van der Waals surface area contributed by atoms with Gasteiger partial charge >= 0.3 is 0 Å². The van der Waals surface area contributed by atoms with Crippen molar-refractivity contribution < 1.29 is 5.11 Å². The maximum absolute atomic E-state index is 9.64. The van der Waals surface area contributed by atoms with E-state index in [0.29, 0.717) is 11.8 Å². The summed E-state index contributed by atoms with van der Waals surface area (Å²) in [7, 11) is 0. The zero-order valence-electron chi connectivity index (χ0n) is 14.1. The lowest BCUT2D eigenvalue weighted by Gasteiger charge is -2.35. The van der Waals surface area contributed by atoms with Crippen LogP contribution >= 0.6 is 0 Å². The summed E-state index contributed by atoms with van der Waals surface area (Å²) in [6.07, 6.45) is 5.10. The van der Waals surface area contributed by atoms with E-state index in [1.54, 1.807) is 6.07 Å². The molecule has 0 saturated carbocycles. The Kier molecular flexibility index (Phi) is 5.52. The number of piperazine rings is 1. The van der Waals surface area contributed by atoms with Gasteiger partial charge in [0.2, 0.25) is 0 Å². The first-order valence-electron chi connectivity index (χ1n) is 8.95. The van der Waals surface area contributed by atoms with Crippen LogP contribution in [0.25, 0.3) is 10.8 Å². The Morgan fingerprint density at radius 1 is 1.04 bits per heavy atom. The molecular formula is C20H28N2O. The van der Waals surface area contributed by atoms with Gasteiger partial charge in [0, 0.05) is 32.2 Å². The van der Waals surface area contributed by atoms with Gasteiger partial charge in [-0.25, -0.2) is 0 Å². The summed E-state index contributed by atoms with van der Waals surface area (Å²) in [6, 6.07) is 12.9. The topological polar surface area (TPSA) is 35.5 Å². The maximum atomic E-state index is 9.64. The summed E-state index contributed by atoms with van der Waals surface area (Å²) in [5.74, 6) is 0.340. The molecule has 0 bridgehead atoms. The Bertz CT molecular complexity index is 635. The zero-order chi connectivity index (χ0) is 16.1. The van der Waals surface area contributed by atoms with E-state index in [0.717, 1.165) is 31.6 Å². The van der Waals surface area contributed by atoms with Crippen LogP contribution in [0.4, 0.5) is 0 Å². The third kappa shape index (κ3) is 4.04. The zero-order valence-corrected chi connectivity index (χ0v) is 14.1. The molecule has 0 spiro atoms. The number of fused-ring (bicyclic) bond motifs is 1. The lowest BCUT2D eigenvalue weighted by Crippen LogP contribution is -2.45. The summed E-state index contributed by atoms with van der Waals surface area (Å²) < 4.78 is 0. The van der Waals surface area contributed by atoms with Crippen molar-refractivity contribution in [3.63, 3.8) is 0 Å². The van der Waals surface area contributed by atoms with E-state index in [9.17, 15) is 5.11 Å². The predicted molar refractivity (Wildman–Crippen MR) is 96.9 cm³/mol. The number of nitrogens with zero attached hydrogens (tertiary/aromatic N) is 1. The van der Waals surface area contributed by atoms with Crippen LogP contribution < -0.4 is 5.32 Å². The average Bonchev–Trinajstić information content (AvgIpc) is 2.59. The van der Waals surface area contributed by atoms with Gasteiger partial charge < -0.3 is 10.4 Å². The highest BCUT2D eigenvalue weighted by Crippen LogP contribution is 2.30. The van der Waals surface area contributed by atoms with Crippen molar-refractivity contribution in [3.8, 4) is 5.75 Å². The van der Waals surface area contributed by atoms with Crippen molar-refractivity contribution in [2.45, 2.75) is 38.6 Å². The van der Waals surface area contributed by atoms with Gasteiger partial charge in [0.05, 0.1) is 0 Å². The molecule has 23 heavy (non-hydrogen) atoms. The van der Waals surface area contributed by atoms with E-state index in [1.165, 1.54) is 36.6 Å². The highest BCUT2D eigenvalue weighted by molar-refractivity contribution is 5.84. The summed E-state index contributed by atoms with van der Waals surface area (Å²) in [5, 5.41) is 15.4. The minimum atomic E-state index is 0.340. The average molecular weight is 312 g/mol. The van der Waals surface area contributed by atoms with E-state index in [2.05, 4.69) is 35.3 Å². The van der Waals surface area contributed by atoms with Crippen molar-refractivity contribution in [2.24, 2.45) is 0 Å². The molecule has 1 saturated heterocycles. The van der Waals surface area contributed by atoms with E-state index >= 15 is 0 Å². The van der Waals surface area contributed by atoms with E-state index in [-0.39, 0.29) is 0 Å². The van der Waals surface area contributed by atoms with Crippen LogP contribution in [0, 0.1) is 0 Å². The van der Waals surface area contributed by atoms with Gasteiger partial charge in [0.1, 0.15) is 5.75 Å². The molecule has 1 heterocycles. The molecule has 0 unspecified atom stereocenters. The standard InChI is InChI=1S/C20H28N2O/c1-2-3-4-5-20(22-12-10-21-11-13-22)18-7-6-17-15-19(23)9-8-16(17)14-18/h6-9,14-15,20-21,23H,2-5,10-13H2,1H3/t20-/m1/s1. The smallest absolute Gasteiger partial charge is 0.116 e. The SMILES string of the molecule is CCCCC[C@H](c1ccc2cc(O)ccc2c1)N1CCNCC1. The fourth-order valence-electron chi connectivity index (χ4n) is 3.60. The van der Waals surface area contributed by atoms with Crippen molar-refractivity contribution in [3.05, 3.63) is 42.0 Å². The van der Waals surface area contributed by atoms with Gasteiger partial charge in [-0.3, -0.25) is 4.90 Å². The van der Waals surface area contributed by atoms with Crippen LogP contribution in [0.1, 0.15) is 44.2 Å². The van der Waals surface area contributed by atoms with E-state index < -0.39 is 0 Å². The number of phenols is 1. The molecule has 1 fully saturated rings. The molecule has 0 amide bonds. The Morgan fingerprint density at radius 3 is 2.57 bits per heavy atom. The fourth-order valence-corrected chi connectivity index (χ4v) is 3.60. The van der Waals surface area contributed by atoms with Gasteiger partial charge in [-0.15, -0.1) is 0 Å². The number of aromatic hydroxyl groups is 1. The molecule has 2 aromatic carbocycles. The van der Waals surface area contributed by atoms with Crippen LogP contribution in [-0.4, -0.2) is 36.2 Å². The number of phenolic OH excluding ortho intramolecular Hbond substituents is 1. The lowest BCUT2D eigenvalue weighted by atomic mass is 9.95. The molecular weight excluding hydrogens is 284 g/mol. The largest absolute Gasteiger partial charge is 0.508 e. The quantitative estimate of drug-likeness (QED) is 0.789.